The Balaban J connectivity index is 2.13. The Bertz CT molecular complexity index is 317. The molecule has 0 spiro atoms. The molecule has 3 nitrogen and oxygen atoms in total. The summed E-state index contributed by atoms with van der Waals surface area (Å²) in [7, 11) is 0. The first kappa shape index (κ1) is 9.12. The van der Waals surface area contributed by atoms with Crippen molar-refractivity contribution in [2.75, 3.05) is 18.9 Å². The maximum atomic E-state index is 5.75. The Morgan fingerprint density at radius 1 is 1.54 bits per heavy atom. The van der Waals surface area contributed by atoms with Gasteiger partial charge in [0.1, 0.15) is 10.2 Å². The van der Waals surface area contributed by atoms with E-state index in [1.54, 1.807) is 23.9 Å². The van der Waals surface area contributed by atoms with Gasteiger partial charge in [-0.05, 0) is 12.1 Å². The second-order valence-electron chi connectivity index (χ2n) is 2.81. The smallest absolute Gasteiger partial charge is 0.130 e. The summed E-state index contributed by atoms with van der Waals surface area (Å²) in [6, 6.07) is 3.47. The molecule has 0 bridgehead atoms. The normalized spacial score (nSPS) is 17.0. The molecule has 0 unspecified atom stereocenters. The van der Waals surface area contributed by atoms with Crippen LogP contribution in [0.25, 0.3) is 0 Å². The number of thioether (sulfide) groups is 1. The first-order chi connectivity index (χ1) is 6.25. The van der Waals surface area contributed by atoms with Crippen LogP contribution in [0.4, 0.5) is 5.69 Å². The van der Waals surface area contributed by atoms with Crippen molar-refractivity contribution in [1.82, 2.24) is 4.98 Å². The molecule has 1 aliphatic heterocycles. The molecule has 2 rings (SSSR count). The molecule has 1 fully saturated rings. The molecule has 0 atom stereocenters. The van der Waals surface area contributed by atoms with Crippen LogP contribution in [0.15, 0.2) is 17.2 Å². The molecule has 1 saturated heterocycles. The van der Waals surface area contributed by atoms with Crippen molar-refractivity contribution in [2.45, 2.75) is 10.3 Å². The van der Waals surface area contributed by atoms with E-state index in [1.807, 2.05) is 0 Å². The summed E-state index contributed by atoms with van der Waals surface area (Å²) in [4.78, 5) is 4.14. The van der Waals surface area contributed by atoms with Gasteiger partial charge in [-0.1, -0.05) is 23.4 Å². The van der Waals surface area contributed by atoms with Crippen molar-refractivity contribution in [3.05, 3.63) is 17.3 Å². The van der Waals surface area contributed by atoms with E-state index in [-0.39, 0.29) is 0 Å². The van der Waals surface area contributed by atoms with Gasteiger partial charge in [0.05, 0.1) is 24.2 Å². The van der Waals surface area contributed by atoms with Crippen LogP contribution in [0.3, 0.4) is 0 Å². The predicted octanol–water partition coefficient (Wildman–Crippen LogP) is 1.81. The fourth-order valence-electron chi connectivity index (χ4n) is 0.963. The third kappa shape index (κ3) is 2.07. The van der Waals surface area contributed by atoms with E-state index in [2.05, 4.69) is 4.98 Å². The van der Waals surface area contributed by atoms with Crippen LogP contribution in [0.1, 0.15) is 0 Å². The van der Waals surface area contributed by atoms with E-state index in [1.165, 1.54) is 0 Å². The van der Waals surface area contributed by atoms with Gasteiger partial charge in [-0.25, -0.2) is 4.98 Å². The minimum atomic E-state index is 0.480. The van der Waals surface area contributed by atoms with E-state index in [0.717, 1.165) is 18.2 Å². The van der Waals surface area contributed by atoms with E-state index in [9.17, 15) is 0 Å². The van der Waals surface area contributed by atoms with Gasteiger partial charge in [-0.15, -0.1) is 0 Å². The summed E-state index contributed by atoms with van der Waals surface area (Å²) in [6.07, 6.45) is 0. The molecular weight excluding hydrogens is 208 g/mol. The molecule has 5 heteroatoms. The van der Waals surface area contributed by atoms with Gasteiger partial charge in [0.25, 0.3) is 0 Å². The van der Waals surface area contributed by atoms with E-state index < -0.39 is 0 Å². The van der Waals surface area contributed by atoms with Crippen molar-refractivity contribution in [3.8, 4) is 0 Å². The number of ether oxygens (including phenoxy) is 1. The van der Waals surface area contributed by atoms with E-state index in [0.29, 0.717) is 16.1 Å². The van der Waals surface area contributed by atoms with Crippen LogP contribution in [-0.2, 0) is 4.74 Å². The van der Waals surface area contributed by atoms with Crippen LogP contribution in [0.2, 0.25) is 5.15 Å². The summed E-state index contributed by atoms with van der Waals surface area (Å²) in [6.45, 7) is 1.55. The maximum Gasteiger partial charge on any atom is 0.130 e. The van der Waals surface area contributed by atoms with Crippen molar-refractivity contribution in [1.29, 1.82) is 0 Å². The minimum absolute atomic E-state index is 0.480. The molecule has 70 valence electrons. The van der Waals surface area contributed by atoms with Crippen LogP contribution in [0.5, 0.6) is 0 Å². The van der Waals surface area contributed by atoms with Gasteiger partial charge in [0.15, 0.2) is 0 Å². The first-order valence-corrected chi connectivity index (χ1v) is 5.18. The van der Waals surface area contributed by atoms with Crippen molar-refractivity contribution < 1.29 is 4.74 Å². The standard InChI is InChI=1S/C8H9ClN2OS/c9-7-2-1-6(10)8(11-7)13-5-3-12-4-5/h1-2,5H,3-4,10H2. The molecule has 0 amide bonds. The number of nitrogen functional groups attached to an aromatic ring is 1. The zero-order valence-electron chi connectivity index (χ0n) is 6.87. The highest BCUT2D eigenvalue weighted by atomic mass is 35.5. The lowest BCUT2D eigenvalue weighted by Crippen LogP contribution is -2.30. The number of pyridine rings is 1. The third-order valence-corrected chi connectivity index (χ3v) is 3.11. The molecular formula is C8H9ClN2OS. The SMILES string of the molecule is Nc1ccc(Cl)nc1SC1COC1. The number of nitrogens with two attached hydrogens (primary N) is 1. The van der Waals surface area contributed by atoms with E-state index >= 15 is 0 Å². The van der Waals surface area contributed by atoms with Crippen LogP contribution in [-0.4, -0.2) is 23.4 Å². The quantitative estimate of drug-likeness (QED) is 0.766. The molecule has 1 aromatic rings. The van der Waals surface area contributed by atoms with Gasteiger partial charge in [-0.3, -0.25) is 0 Å². The number of anilines is 1. The lowest BCUT2D eigenvalue weighted by atomic mass is 10.4. The van der Waals surface area contributed by atoms with Crippen LogP contribution < -0.4 is 5.73 Å². The Morgan fingerprint density at radius 2 is 2.31 bits per heavy atom. The Hall–Kier alpha value is -0.450. The number of hydrogen-bond acceptors (Lipinski definition) is 4. The summed E-state index contributed by atoms with van der Waals surface area (Å²) >= 11 is 7.38. The minimum Gasteiger partial charge on any atom is -0.397 e. The molecule has 2 N–H and O–H groups in total. The number of aromatic nitrogens is 1. The molecule has 1 aromatic heterocycles. The Morgan fingerprint density at radius 3 is 2.92 bits per heavy atom. The van der Waals surface area contributed by atoms with Crippen LogP contribution >= 0.6 is 23.4 Å². The van der Waals surface area contributed by atoms with Gasteiger partial charge in [-0.2, -0.15) is 0 Å². The molecule has 13 heavy (non-hydrogen) atoms. The second-order valence-corrected chi connectivity index (χ2v) is 4.48. The highest BCUT2D eigenvalue weighted by Gasteiger charge is 2.21. The van der Waals surface area contributed by atoms with Gasteiger partial charge in [0.2, 0.25) is 0 Å². The van der Waals surface area contributed by atoms with Gasteiger partial charge in [0, 0.05) is 0 Å². The summed E-state index contributed by atoms with van der Waals surface area (Å²) in [5, 5.41) is 1.77. The first-order valence-electron chi connectivity index (χ1n) is 3.92. The number of rotatable bonds is 2. The monoisotopic (exact) mass is 216 g/mol. The highest BCUT2D eigenvalue weighted by molar-refractivity contribution is 8.00. The van der Waals surface area contributed by atoms with Gasteiger partial charge < -0.3 is 10.5 Å². The topological polar surface area (TPSA) is 48.1 Å². The number of nitrogens with zero attached hydrogens (tertiary/aromatic N) is 1. The predicted molar refractivity (Wildman–Crippen MR) is 54.1 cm³/mol. The van der Waals surface area contributed by atoms with Gasteiger partial charge >= 0.3 is 0 Å². The zero-order valence-corrected chi connectivity index (χ0v) is 8.44. The zero-order chi connectivity index (χ0) is 9.26. The Kier molecular flexibility index (Phi) is 2.62. The Labute approximate surface area is 85.6 Å². The average molecular weight is 217 g/mol. The van der Waals surface area contributed by atoms with Crippen molar-refractivity contribution in [3.63, 3.8) is 0 Å². The summed E-state index contributed by atoms with van der Waals surface area (Å²) < 4.78 is 5.05. The molecule has 0 radical (unpaired) electrons. The highest BCUT2D eigenvalue weighted by Crippen LogP contribution is 2.31. The third-order valence-electron chi connectivity index (χ3n) is 1.74. The number of halogens is 1. The largest absolute Gasteiger partial charge is 0.397 e. The van der Waals surface area contributed by atoms with Crippen molar-refractivity contribution >= 4 is 29.1 Å². The second kappa shape index (κ2) is 3.74. The molecule has 2 heterocycles. The average Bonchev–Trinajstić information content (AvgIpc) is 2.03. The molecule has 1 aliphatic rings. The maximum absolute atomic E-state index is 5.75. The van der Waals surface area contributed by atoms with Crippen LogP contribution in [0, 0.1) is 0 Å². The summed E-state index contributed by atoms with van der Waals surface area (Å²) in [5.74, 6) is 0. The molecule has 0 saturated carbocycles. The van der Waals surface area contributed by atoms with Crippen molar-refractivity contribution in [2.24, 2.45) is 0 Å². The fourth-order valence-corrected chi connectivity index (χ4v) is 2.16. The number of hydrogen-bond donors (Lipinski definition) is 1. The fraction of sp³-hybridized carbons (Fsp3) is 0.375. The summed E-state index contributed by atoms with van der Waals surface area (Å²) in [5.41, 5.74) is 6.42. The lowest BCUT2D eigenvalue weighted by molar-refractivity contribution is 0.0455. The lowest BCUT2D eigenvalue weighted by Gasteiger charge is -2.25. The molecule has 0 aliphatic carbocycles. The molecule has 0 aromatic carbocycles. The van der Waals surface area contributed by atoms with E-state index in [4.69, 9.17) is 22.1 Å².